The van der Waals surface area contributed by atoms with E-state index in [9.17, 15) is 19.5 Å². The van der Waals surface area contributed by atoms with E-state index >= 15 is 0 Å². The molecule has 0 aliphatic rings. The van der Waals surface area contributed by atoms with E-state index < -0.39 is 24.0 Å². The van der Waals surface area contributed by atoms with Crippen LogP contribution in [0.25, 0.3) is 0 Å². The fourth-order valence-electron chi connectivity index (χ4n) is 2.63. The molecule has 0 aliphatic carbocycles. The number of carbonyl (C=O) groups excluding carboxylic acids is 2. The molecule has 2 aromatic rings. The van der Waals surface area contributed by atoms with Gasteiger partial charge in [-0.15, -0.1) is 11.3 Å². The lowest BCUT2D eigenvalue weighted by atomic mass is 10.0. The molecule has 0 aliphatic heterocycles. The summed E-state index contributed by atoms with van der Waals surface area (Å²) in [5.74, 6) is -1.91. The third kappa shape index (κ3) is 6.53. The summed E-state index contributed by atoms with van der Waals surface area (Å²) in [6.45, 7) is 1.96. The first-order chi connectivity index (χ1) is 13.0. The van der Waals surface area contributed by atoms with E-state index in [-0.39, 0.29) is 12.3 Å². The summed E-state index contributed by atoms with van der Waals surface area (Å²) in [5, 5.41) is 16.4. The molecule has 3 N–H and O–H groups in total. The number of hydrogen-bond acceptors (Lipinski definition) is 4. The van der Waals surface area contributed by atoms with Crippen molar-refractivity contribution in [3.05, 3.63) is 58.3 Å². The Kier molecular flexibility index (Phi) is 8.00. The van der Waals surface area contributed by atoms with E-state index in [2.05, 4.69) is 10.6 Å². The molecule has 1 unspecified atom stereocenters. The Morgan fingerprint density at radius 1 is 1.04 bits per heavy atom. The van der Waals surface area contributed by atoms with Crippen LogP contribution in [0.2, 0.25) is 0 Å². The van der Waals surface area contributed by atoms with Gasteiger partial charge in [-0.25, -0.2) is 4.79 Å². The summed E-state index contributed by atoms with van der Waals surface area (Å²) in [5.41, 5.74) is 0.879. The van der Waals surface area contributed by atoms with E-state index in [1.807, 2.05) is 37.3 Å². The summed E-state index contributed by atoms with van der Waals surface area (Å²) in [4.78, 5) is 37.1. The Balaban J connectivity index is 2.12. The van der Waals surface area contributed by atoms with Crippen molar-refractivity contribution in [1.29, 1.82) is 0 Å². The quantitative estimate of drug-likeness (QED) is 0.583. The lowest BCUT2D eigenvalue weighted by Crippen LogP contribution is -2.52. The number of nitrogens with one attached hydrogen (secondary N) is 2. The molecule has 144 valence electrons. The van der Waals surface area contributed by atoms with Crippen LogP contribution in [0, 0.1) is 0 Å². The van der Waals surface area contributed by atoms with Gasteiger partial charge >= 0.3 is 5.97 Å². The highest BCUT2D eigenvalue weighted by atomic mass is 32.1. The van der Waals surface area contributed by atoms with Gasteiger partial charge in [0.1, 0.15) is 12.1 Å². The molecular weight excluding hydrogens is 364 g/mol. The van der Waals surface area contributed by atoms with E-state index in [1.165, 1.54) is 11.3 Å². The number of thiophene rings is 1. The van der Waals surface area contributed by atoms with Crippen molar-refractivity contribution in [2.75, 3.05) is 0 Å². The SMILES string of the molecule is CCCC[C@H](NC(=O)C(Cc1ccccc1)NC(=O)c1cccs1)C(=O)O. The minimum atomic E-state index is -1.07. The average molecular weight is 388 g/mol. The molecule has 1 heterocycles. The number of carbonyl (C=O) groups is 3. The van der Waals surface area contributed by atoms with Gasteiger partial charge in [0.25, 0.3) is 5.91 Å². The standard InChI is InChI=1S/C20H24N2O4S/c1-2-3-10-15(20(25)26)21-18(23)16(13-14-8-5-4-6-9-14)22-19(24)17-11-7-12-27-17/h4-9,11-12,15-16H,2-3,10,13H2,1H3,(H,21,23)(H,22,24)(H,25,26)/t15-,16?/m0/s1. The molecule has 2 amide bonds. The maximum absolute atomic E-state index is 12.7. The van der Waals surface area contributed by atoms with Crippen molar-refractivity contribution in [2.45, 2.75) is 44.7 Å². The number of hydrogen-bond donors (Lipinski definition) is 3. The van der Waals surface area contributed by atoms with Crippen LogP contribution in [-0.2, 0) is 16.0 Å². The van der Waals surface area contributed by atoms with Gasteiger partial charge in [0.15, 0.2) is 0 Å². The number of carboxylic acids is 1. The molecule has 0 spiro atoms. The lowest BCUT2D eigenvalue weighted by Gasteiger charge is -2.21. The Morgan fingerprint density at radius 3 is 2.37 bits per heavy atom. The minimum absolute atomic E-state index is 0.282. The maximum Gasteiger partial charge on any atom is 0.326 e. The van der Waals surface area contributed by atoms with Gasteiger partial charge in [-0.3, -0.25) is 9.59 Å². The molecule has 7 heteroatoms. The molecule has 0 radical (unpaired) electrons. The van der Waals surface area contributed by atoms with Crippen LogP contribution in [-0.4, -0.2) is 35.0 Å². The number of carboxylic acid groups (broad SMARTS) is 1. The minimum Gasteiger partial charge on any atom is -0.480 e. The molecule has 0 bridgehead atoms. The highest BCUT2D eigenvalue weighted by Crippen LogP contribution is 2.11. The smallest absolute Gasteiger partial charge is 0.326 e. The van der Waals surface area contributed by atoms with Crippen molar-refractivity contribution in [3.8, 4) is 0 Å². The molecular formula is C20H24N2O4S. The summed E-state index contributed by atoms with van der Waals surface area (Å²) in [6.07, 6.45) is 2.17. The van der Waals surface area contributed by atoms with Crippen molar-refractivity contribution in [1.82, 2.24) is 10.6 Å². The van der Waals surface area contributed by atoms with Crippen LogP contribution in [0.1, 0.15) is 41.4 Å². The molecule has 2 rings (SSSR count). The van der Waals surface area contributed by atoms with Crippen LogP contribution in [0.15, 0.2) is 47.8 Å². The fourth-order valence-corrected chi connectivity index (χ4v) is 3.26. The van der Waals surface area contributed by atoms with Crippen LogP contribution in [0.4, 0.5) is 0 Å². The highest BCUT2D eigenvalue weighted by molar-refractivity contribution is 7.12. The molecule has 6 nitrogen and oxygen atoms in total. The summed E-state index contributed by atoms with van der Waals surface area (Å²) in [7, 11) is 0. The fraction of sp³-hybridized carbons (Fsp3) is 0.350. The van der Waals surface area contributed by atoms with Gasteiger partial charge in [-0.05, 0) is 23.4 Å². The zero-order chi connectivity index (χ0) is 19.6. The average Bonchev–Trinajstić information content (AvgIpc) is 3.20. The van der Waals surface area contributed by atoms with Crippen LogP contribution < -0.4 is 10.6 Å². The van der Waals surface area contributed by atoms with Crippen LogP contribution in [0.5, 0.6) is 0 Å². The summed E-state index contributed by atoms with van der Waals surface area (Å²) < 4.78 is 0. The van der Waals surface area contributed by atoms with Gasteiger partial charge in [-0.2, -0.15) is 0 Å². The van der Waals surface area contributed by atoms with Crippen molar-refractivity contribution < 1.29 is 19.5 Å². The number of unbranched alkanes of at least 4 members (excludes halogenated alkanes) is 1. The topological polar surface area (TPSA) is 95.5 Å². The molecule has 0 saturated heterocycles. The number of benzene rings is 1. The van der Waals surface area contributed by atoms with Gasteiger partial charge < -0.3 is 15.7 Å². The highest BCUT2D eigenvalue weighted by Gasteiger charge is 2.27. The first kappa shape index (κ1) is 20.6. The van der Waals surface area contributed by atoms with Gasteiger partial charge in [0, 0.05) is 6.42 Å². The molecule has 27 heavy (non-hydrogen) atoms. The van der Waals surface area contributed by atoms with Crippen molar-refractivity contribution in [2.24, 2.45) is 0 Å². The zero-order valence-corrected chi connectivity index (χ0v) is 16.0. The third-order valence-electron chi connectivity index (χ3n) is 4.11. The predicted molar refractivity (Wildman–Crippen MR) is 105 cm³/mol. The van der Waals surface area contributed by atoms with E-state index in [0.29, 0.717) is 17.7 Å². The van der Waals surface area contributed by atoms with Crippen LogP contribution >= 0.6 is 11.3 Å². The summed E-state index contributed by atoms with van der Waals surface area (Å²) in [6, 6.07) is 10.9. The molecule has 1 aromatic carbocycles. The molecule has 0 saturated carbocycles. The Bertz CT molecular complexity index is 747. The second-order valence-corrected chi connectivity index (χ2v) is 7.18. The lowest BCUT2D eigenvalue weighted by molar-refractivity contribution is -0.142. The normalized spacial score (nSPS) is 12.8. The molecule has 0 fully saturated rings. The zero-order valence-electron chi connectivity index (χ0n) is 15.2. The van der Waals surface area contributed by atoms with Crippen molar-refractivity contribution in [3.63, 3.8) is 0 Å². The van der Waals surface area contributed by atoms with E-state index in [1.54, 1.807) is 17.5 Å². The molecule has 1 aromatic heterocycles. The Hall–Kier alpha value is -2.67. The van der Waals surface area contributed by atoms with Crippen LogP contribution in [0.3, 0.4) is 0 Å². The summed E-state index contributed by atoms with van der Waals surface area (Å²) >= 11 is 1.28. The first-order valence-corrected chi connectivity index (χ1v) is 9.80. The number of aliphatic carboxylic acids is 1. The second-order valence-electron chi connectivity index (χ2n) is 6.23. The third-order valence-corrected chi connectivity index (χ3v) is 4.98. The largest absolute Gasteiger partial charge is 0.480 e. The Morgan fingerprint density at radius 2 is 1.78 bits per heavy atom. The first-order valence-electron chi connectivity index (χ1n) is 8.92. The van der Waals surface area contributed by atoms with E-state index in [4.69, 9.17) is 0 Å². The maximum atomic E-state index is 12.7. The van der Waals surface area contributed by atoms with Gasteiger partial charge in [0.05, 0.1) is 4.88 Å². The van der Waals surface area contributed by atoms with Crippen molar-refractivity contribution >= 4 is 29.1 Å². The number of rotatable bonds is 10. The molecule has 2 atom stereocenters. The number of amides is 2. The van der Waals surface area contributed by atoms with Gasteiger partial charge in [0.2, 0.25) is 5.91 Å². The van der Waals surface area contributed by atoms with Gasteiger partial charge in [-0.1, -0.05) is 56.2 Å². The monoisotopic (exact) mass is 388 g/mol. The Labute approximate surface area is 162 Å². The second kappa shape index (κ2) is 10.5. The van der Waals surface area contributed by atoms with E-state index in [0.717, 1.165) is 12.0 Å². The predicted octanol–water partition coefficient (Wildman–Crippen LogP) is 2.85.